The van der Waals surface area contributed by atoms with Crippen molar-refractivity contribution in [3.8, 4) is 40.1 Å². The first-order valence-corrected chi connectivity index (χ1v) is 23.1. The Kier molecular flexibility index (Phi) is 16.4. The summed E-state index contributed by atoms with van der Waals surface area (Å²) in [5.74, 6) is -3.95. The summed E-state index contributed by atoms with van der Waals surface area (Å²) in [4.78, 5) is 14.7. The van der Waals surface area contributed by atoms with E-state index in [0.717, 1.165) is 30.3 Å². The highest BCUT2D eigenvalue weighted by Gasteiger charge is 2.54. The molecular weight excluding hydrogens is 988 g/mol. The zero-order valence-electron chi connectivity index (χ0n) is 39.1. The standard InChI is InChI=1S/C45H60O28/c1-11-23(49)29(55)33(59)42(65-11)68-16-8-19(48)22-20(9-16)69-37(15-5-6-17(46)18(47)7-15)39(28(22)54)72-45-40(73-44-35(61)31(57)25(51)13(3)67-44)32(58)27(53)21(70-45)10-63-41-36(62)38(26(52)14(4)64-41)71-43-34(60)30(56)24(50)12(2)66-43/h5-9,11-14,21,23-27,29-36,38,40-53,55-62H,10H2,1-4H3. The molecule has 408 valence electrons. The molecule has 5 aliphatic rings. The van der Waals surface area contributed by atoms with Gasteiger partial charge in [-0.3, -0.25) is 4.79 Å². The molecule has 8 rings (SSSR count). The molecule has 0 aliphatic carbocycles. The van der Waals surface area contributed by atoms with E-state index in [-0.39, 0.29) is 11.3 Å². The van der Waals surface area contributed by atoms with E-state index in [1.807, 2.05) is 0 Å². The van der Waals surface area contributed by atoms with Gasteiger partial charge in [-0.1, -0.05) is 0 Å². The van der Waals surface area contributed by atoms with Crippen LogP contribution in [-0.2, 0) is 37.9 Å². The number of aliphatic hydroxyl groups is 13. The third kappa shape index (κ3) is 10.7. The van der Waals surface area contributed by atoms with Crippen LogP contribution in [-0.4, -0.2) is 242 Å². The number of aromatic hydroxyl groups is 3. The van der Waals surface area contributed by atoms with E-state index in [9.17, 15) is 86.5 Å². The predicted molar refractivity (Wildman–Crippen MR) is 234 cm³/mol. The van der Waals surface area contributed by atoms with Crippen molar-refractivity contribution < 1.29 is 133 Å². The Labute approximate surface area is 412 Å². The second-order valence-corrected chi connectivity index (χ2v) is 18.6. The average Bonchev–Trinajstić information content (AvgIpc) is 3.35. The largest absolute Gasteiger partial charge is 0.507 e. The zero-order valence-corrected chi connectivity index (χ0v) is 39.1. The molecular formula is C45H60O28. The number of hydrogen-bond donors (Lipinski definition) is 16. The van der Waals surface area contributed by atoms with Gasteiger partial charge in [0.25, 0.3) is 0 Å². The lowest BCUT2D eigenvalue weighted by molar-refractivity contribution is -0.367. The Balaban J connectivity index is 1.13. The highest BCUT2D eigenvalue weighted by molar-refractivity contribution is 5.88. The summed E-state index contributed by atoms with van der Waals surface area (Å²) < 4.78 is 63.7. The van der Waals surface area contributed by atoms with Crippen LogP contribution in [0.3, 0.4) is 0 Å². The summed E-state index contributed by atoms with van der Waals surface area (Å²) in [7, 11) is 0. The molecule has 16 N–H and O–H groups in total. The molecule has 6 heterocycles. The van der Waals surface area contributed by atoms with Gasteiger partial charge < -0.3 is 133 Å². The number of ether oxygens (including phenoxy) is 10. The number of aliphatic hydroxyl groups excluding tert-OH is 13. The van der Waals surface area contributed by atoms with Crippen LogP contribution in [0.1, 0.15) is 27.7 Å². The van der Waals surface area contributed by atoms with E-state index >= 15 is 0 Å². The quantitative estimate of drug-likeness (QED) is 0.0753. The Morgan fingerprint density at radius 1 is 0.466 bits per heavy atom. The summed E-state index contributed by atoms with van der Waals surface area (Å²) >= 11 is 0. The van der Waals surface area contributed by atoms with Crippen molar-refractivity contribution in [2.24, 2.45) is 0 Å². The van der Waals surface area contributed by atoms with Gasteiger partial charge in [0, 0.05) is 17.7 Å². The maximum absolute atomic E-state index is 14.7. The van der Waals surface area contributed by atoms with Gasteiger partial charge in [0.2, 0.25) is 23.8 Å². The lowest BCUT2D eigenvalue weighted by atomic mass is 9.97. The minimum Gasteiger partial charge on any atom is -0.507 e. The van der Waals surface area contributed by atoms with Crippen LogP contribution in [0.4, 0.5) is 0 Å². The van der Waals surface area contributed by atoms with E-state index in [4.69, 9.17) is 51.8 Å². The van der Waals surface area contributed by atoms with Crippen LogP contribution < -0.4 is 14.9 Å². The van der Waals surface area contributed by atoms with E-state index in [1.165, 1.54) is 27.7 Å². The van der Waals surface area contributed by atoms with Crippen molar-refractivity contribution in [1.82, 2.24) is 0 Å². The van der Waals surface area contributed by atoms with Crippen LogP contribution in [0.2, 0.25) is 0 Å². The fourth-order valence-electron chi connectivity index (χ4n) is 8.98. The summed E-state index contributed by atoms with van der Waals surface area (Å²) in [6.07, 6.45) is -42.4. The molecule has 0 spiro atoms. The van der Waals surface area contributed by atoms with Crippen molar-refractivity contribution in [1.29, 1.82) is 0 Å². The smallest absolute Gasteiger partial charge is 0.239 e. The zero-order chi connectivity index (χ0) is 53.2. The molecule has 5 saturated heterocycles. The Morgan fingerprint density at radius 3 is 1.56 bits per heavy atom. The van der Waals surface area contributed by atoms with Crippen molar-refractivity contribution >= 4 is 11.0 Å². The predicted octanol–water partition coefficient (Wildman–Crippen LogP) is -5.48. The maximum Gasteiger partial charge on any atom is 0.239 e. The molecule has 25 atom stereocenters. The number of rotatable bonds is 12. The highest BCUT2D eigenvalue weighted by atomic mass is 16.8. The molecule has 0 saturated carbocycles. The summed E-state index contributed by atoms with van der Waals surface area (Å²) in [5, 5.41) is 171. The van der Waals surface area contributed by atoms with Gasteiger partial charge in [0.15, 0.2) is 42.2 Å². The van der Waals surface area contributed by atoms with Gasteiger partial charge >= 0.3 is 0 Å². The van der Waals surface area contributed by atoms with Crippen molar-refractivity contribution in [3.05, 3.63) is 40.6 Å². The van der Waals surface area contributed by atoms with Crippen LogP contribution in [0.25, 0.3) is 22.3 Å². The molecule has 5 aliphatic heterocycles. The molecule has 73 heavy (non-hydrogen) atoms. The number of hydrogen-bond acceptors (Lipinski definition) is 28. The molecule has 3 aromatic rings. The number of benzene rings is 2. The van der Waals surface area contributed by atoms with Crippen LogP contribution >= 0.6 is 0 Å². The minimum atomic E-state index is -2.17. The summed E-state index contributed by atoms with van der Waals surface area (Å²) in [5.41, 5.74) is -1.85. The van der Waals surface area contributed by atoms with Gasteiger partial charge in [0.05, 0.1) is 31.0 Å². The topological polar surface area (TPSA) is 446 Å². The maximum atomic E-state index is 14.7. The van der Waals surface area contributed by atoms with E-state index in [0.29, 0.717) is 0 Å². The van der Waals surface area contributed by atoms with Crippen molar-refractivity contribution in [2.45, 2.75) is 181 Å². The van der Waals surface area contributed by atoms with Gasteiger partial charge in [0.1, 0.15) is 114 Å². The molecule has 0 amide bonds. The Hall–Kier alpha value is -4.19. The third-order valence-electron chi connectivity index (χ3n) is 13.5. The van der Waals surface area contributed by atoms with Gasteiger partial charge in [-0.15, -0.1) is 0 Å². The third-order valence-corrected chi connectivity index (χ3v) is 13.5. The lowest BCUT2D eigenvalue weighted by Crippen LogP contribution is -2.65. The fourth-order valence-corrected chi connectivity index (χ4v) is 8.98. The molecule has 25 unspecified atom stereocenters. The summed E-state index contributed by atoms with van der Waals surface area (Å²) in [6.45, 7) is 4.62. The average molecular weight is 1050 g/mol. The first-order valence-electron chi connectivity index (χ1n) is 23.1. The number of fused-ring (bicyclic) bond motifs is 1. The monoisotopic (exact) mass is 1050 g/mol. The number of phenols is 3. The Morgan fingerprint density at radius 2 is 0.986 bits per heavy atom. The molecule has 0 radical (unpaired) electrons. The van der Waals surface area contributed by atoms with E-state index < -0.39 is 205 Å². The highest BCUT2D eigenvalue weighted by Crippen LogP contribution is 2.41. The van der Waals surface area contributed by atoms with Crippen LogP contribution in [0.15, 0.2) is 39.5 Å². The van der Waals surface area contributed by atoms with Gasteiger partial charge in [-0.25, -0.2) is 0 Å². The fraction of sp³-hybridized carbons (Fsp3) is 0.667. The molecule has 5 fully saturated rings. The second kappa shape index (κ2) is 21.8. The molecule has 1 aromatic heterocycles. The van der Waals surface area contributed by atoms with E-state index in [1.54, 1.807) is 0 Å². The molecule has 2 aromatic carbocycles. The minimum absolute atomic E-state index is 0.194. The second-order valence-electron chi connectivity index (χ2n) is 18.6. The number of phenolic OH excluding ortho intramolecular Hbond substituents is 3. The molecule has 0 bridgehead atoms. The SMILES string of the molecule is CC1OC(Oc2cc(O)c3c(=O)c(OC4OC(COC5OC(C)C(O)C(OC6OC(C)C(O)C(O)C6O)C5O)C(O)C(O)C4OC4OC(C)C(O)C(O)C4O)c(-c4ccc(O)c(O)c4)oc3c2)C(O)C(O)C1O. The van der Waals surface area contributed by atoms with Crippen LogP contribution in [0.5, 0.6) is 28.7 Å². The first-order chi connectivity index (χ1) is 34.4. The van der Waals surface area contributed by atoms with E-state index in [2.05, 4.69) is 0 Å². The molecule has 28 nitrogen and oxygen atoms in total. The van der Waals surface area contributed by atoms with Crippen molar-refractivity contribution in [3.63, 3.8) is 0 Å². The van der Waals surface area contributed by atoms with Gasteiger partial charge in [-0.05, 0) is 45.9 Å². The normalized spacial score (nSPS) is 43.4. The Bertz CT molecular complexity index is 2440. The summed E-state index contributed by atoms with van der Waals surface area (Å²) in [6, 6.07) is 5.08. The van der Waals surface area contributed by atoms with Crippen LogP contribution in [0, 0.1) is 0 Å². The lowest BCUT2D eigenvalue weighted by Gasteiger charge is -2.47. The van der Waals surface area contributed by atoms with Gasteiger partial charge in [-0.2, -0.15) is 0 Å². The molecule has 28 heteroatoms. The van der Waals surface area contributed by atoms with Crippen molar-refractivity contribution in [2.75, 3.05) is 6.61 Å². The first kappa shape index (κ1) is 55.1.